The lowest BCUT2D eigenvalue weighted by Gasteiger charge is -2.42. The van der Waals surface area contributed by atoms with E-state index >= 15 is 0 Å². The number of carbonyl (C=O) groups is 1. The van der Waals surface area contributed by atoms with E-state index in [1.807, 2.05) is 23.1 Å². The maximum Gasteiger partial charge on any atom is 0.253 e. The van der Waals surface area contributed by atoms with Crippen LogP contribution in [0.4, 0.5) is 0 Å². The Morgan fingerprint density at radius 3 is 2.62 bits per heavy atom. The number of guanidine groups is 1. The van der Waals surface area contributed by atoms with Crippen molar-refractivity contribution in [1.29, 1.82) is 0 Å². The van der Waals surface area contributed by atoms with E-state index in [1.54, 1.807) is 14.2 Å². The number of hydrogen-bond donors (Lipinski definition) is 2. The van der Waals surface area contributed by atoms with Crippen LogP contribution in [0.2, 0.25) is 0 Å². The van der Waals surface area contributed by atoms with Gasteiger partial charge in [-0.05, 0) is 61.6 Å². The molecule has 3 rings (SSSR count). The number of carbonyl (C=O) groups excluding carboxylic acids is 1. The molecule has 1 saturated carbocycles. The average molecular weight is 401 g/mol. The molecule has 6 nitrogen and oxygen atoms in total. The third-order valence-corrected chi connectivity index (χ3v) is 6.38. The number of methoxy groups -OCH3 is 1. The van der Waals surface area contributed by atoms with Crippen molar-refractivity contribution in [2.24, 2.45) is 10.4 Å². The number of amides is 1. The summed E-state index contributed by atoms with van der Waals surface area (Å²) in [5, 5.41) is 6.88. The molecule has 2 fully saturated rings. The van der Waals surface area contributed by atoms with Gasteiger partial charge >= 0.3 is 0 Å². The minimum atomic E-state index is 0.152. The largest absolute Gasteiger partial charge is 0.385 e. The molecule has 0 spiro atoms. The number of nitrogens with one attached hydrogen (secondary N) is 2. The minimum Gasteiger partial charge on any atom is -0.385 e. The van der Waals surface area contributed by atoms with Crippen LogP contribution in [0.25, 0.3) is 0 Å². The van der Waals surface area contributed by atoms with Gasteiger partial charge in [0, 0.05) is 52.5 Å². The highest BCUT2D eigenvalue weighted by Gasteiger charge is 2.36. The summed E-state index contributed by atoms with van der Waals surface area (Å²) in [6.07, 6.45) is 8.35. The van der Waals surface area contributed by atoms with Crippen LogP contribution in [0.15, 0.2) is 29.3 Å². The molecule has 2 aliphatic rings. The average Bonchev–Trinajstić information content (AvgIpc) is 2.75. The summed E-state index contributed by atoms with van der Waals surface area (Å²) < 4.78 is 5.28. The second-order valence-corrected chi connectivity index (χ2v) is 8.43. The van der Waals surface area contributed by atoms with Crippen LogP contribution in [0.3, 0.4) is 0 Å². The van der Waals surface area contributed by atoms with Gasteiger partial charge in [-0.3, -0.25) is 9.79 Å². The van der Waals surface area contributed by atoms with Crippen molar-refractivity contribution in [3.05, 3.63) is 35.4 Å². The number of piperidine rings is 1. The number of rotatable bonds is 8. The van der Waals surface area contributed by atoms with Crippen molar-refractivity contribution in [1.82, 2.24) is 15.5 Å². The van der Waals surface area contributed by atoms with E-state index in [9.17, 15) is 4.79 Å². The van der Waals surface area contributed by atoms with Gasteiger partial charge in [-0.15, -0.1) is 0 Å². The molecule has 0 aromatic heterocycles. The van der Waals surface area contributed by atoms with Crippen LogP contribution in [-0.4, -0.2) is 57.2 Å². The van der Waals surface area contributed by atoms with Crippen molar-refractivity contribution in [2.75, 3.05) is 40.4 Å². The van der Waals surface area contributed by atoms with Gasteiger partial charge < -0.3 is 20.3 Å². The van der Waals surface area contributed by atoms with E-state index in [0.717, 1.165) is 62.6 Å². The maximum atomic E-state index is 12.7. The van der Waals surface area contributed by atoms with Crippen LogP contribution in [0.5, 0.6) is 0 Å². The fraction of sp³-hybridized carbons (Fsp3) is 0.652. The summed E-state index contributed by atoms with van der Waals surface area (Å²) in [4.78, 5) is 19.1. The molecule has 160 valence electrons. The van der Waals surface area contributed by atoms with Gasteiger partial charge in [0.1, 0.15) is 0 Å². The first-order valence-electron chi connectivity index (χ1n) is 11.0. The van der Waals surface area contributed by atoms with Crippen molar-refractivity contribution < 1.29 is 9.53 Å². The zero-order chi connectivity index (χ0) is 20.5. The van der Waals surface area contributed by atoms with Crippen LogP contribution >= 0.6 is 0 Å². The van der Waals surface area contributed by atoms with Gasteiger partial charge in [-0.2, -0.15) is 0 Å². The second kappa shape index (κ2) is 10.6. The molecule has 1 heterocycles. The fourth-order valence-electron chi connectivity index (χ4n) is 4.28. The third-order valence-electron chi connectivity index (χ3n) is 6.38. The second-order valence-electron chi connectivity index (χ2n) is 8.43. The molecular formula is C23H36N4O2. The number of likely N-dealkylation sites (tertiary alicyclic amines) is 1. The van der Waals surface area contributed by atoms with E-state index in [-0.39, 0.29) is 5.91 Å². The zero-order valence-corrected chi connectivity index (χ0v) is 18.0. The Balaban J connectivity index is 1.51. The third kappa shape index (κ3) is 5.95. The summed E-state index contributed by atoms with van der Waals surface area (Å²) in [6.45, 7) is 4.13. The molecule has 0 unspecified atom stereocenters. The predicted molar refractivity (Wildman–Crippen MR) is 117 cm³/mol. The first-order chi connectivity index (χ1) is 14.2. The van der Waals surface area contributed by atoms with Crippen LogP contribution < -0.4 is 10.6 Å². The van der Waals surface area contributed by atoms with Crippen LogP contribution in [-0.2, 0) is 11.3 Å². The molecule has 1 aliphatic carbocycles. The Morgan fingerprint density at radius 2 is 1.97 bits per heavy atom. The normalized spacial score (nSPS) is 18.8. The number of ether oxygens (including phenoxy) is 1. The number of nitrogens with zero attached hydrogens (tertiary/aromatic N) is 2. The smallest absolute Gasteiger partial charge is 0.253 e. The van der Waals surface area contributed by atoms with E-state index in [2.05, 4.69) is 21.7 Å². The first-order valence-corrected chi connectivity index (χ1v) is 11.0. The number of benzene rings is 1. The number of hydrogen-bond acceptors (Lipinski definition) is 3. The summed E-state index contributed by atoms with van der Waals surface area (Å²) in [6, 6.07) is 7.95. The Kier molecular flexibility index (Phi) is 7.92. The Morgan fingerprint density at radius 1 is 1.17 bits per heavy atom. The highest BCUT2D eigenvalue weighted by molar-refractivity contribution is 5.94. The molecule has 1 aromatic carbocycles. The molecule has 1 aromatic rings. The standard InChI is InChI=1S/C23H36N4O2/c1-24-22(26-18-23(10-7-11-23)12-15-29-2)25-17-19-8-6-9-20(16-19)21(28)27-13-4-3-5-14-27/h6,8-9,16H,3-5,7,10-15,17-18H2,1-2H3,(H2,24,25,26). The Hall–Kier alpha value is -2.08. The van der Waals surface area contributed by atoms with Crippen LogP contribution in [0.1, 0.15) is 60.9 Å². The molecule has 29 heavy (non-hydrogen) atoms. The lowest BCUT2D eigenvalue weighted by molar-refractivity contribution is 0.0723. The summed E-state index contributed by atoms with van der Waals surface area (Å²) in [5.41, 5.74) is 2.21. The molecule has 2 N–H and O–H groups in total. The maximum absolute atomic E-state index is 12.7. The predicted octanol–water partition coefficient (Wildman–Crippen LogP) is 3.18. The quantitative estimate of drug-likeness (QED) is 0.520. The Bertz CT molecular complexity index is 694. The van der Waals surface area contributed by atoms with E-state index in [4.69, 9.17) is 4.74 Å². The molecule has 6 heteroatoms. The van der Waals surface area contributed by atoms with Crippen molar-refractivity contribution in [2.45, 2.75) is 51.5 Å². The molecule has 0 radical (unpaired) electrons. The Labute approximate surface area is 175 Å². The van der Waals surface area contributed by atoms with Crippen LogP contribution in [0, 0.1) is 5.41 Å². The van der Waals surface area contributed by atoms with Crippen molar-refractivity contribution in [3.8, 4) is 0 Å². The van der Waals surface area contributed by atoms with Gasteiger partial charge in [-0.1, -0.05) is 18.6 Å². The van der Waals surface area contributed by atoms with Crippen molar-refractivity contribution >= 4 is 11.9 Å². The van der Waals surface area contributed by atoms with Gasteiger partial charge in [0.15, 0.2) is 5.96 Å². The van der Waals surface area contributed by atoms with Gasteiger partial charge in [-0.25, -0.2) is 0 Å². The molecule has 1 aliphatic heterocycles. The number of aliphatic imine (C=N–C) groups is 1. The summed E-state index contributed by atoms with van der Waals surface area (Å²) in [7, 11) is 3.57. The minimum absolute atomic E-state index is 0.152. The molecule has 1 amide bonds. The van der Waals surface area contributed by atoms with Gasteiger partial charge in [0.25, 0.3) is 5.91 Å². The highest BCUT2D eigenvalue weighted by Crippen LogP contribution is 2.43. The van der Waals surface area contributed by atoms with Crippen molar-refractivity contribution in [3.63, 3.8) is 0 Å². The highest BCUT2D eigenvalue weighted by atomic mass is 16.5. The topological polar surface area (TPSA) is 66.0 Å². The van der Waals surface area contributed by atoms with Gasteiger partial charge in [0.05, 0.1) is 0 Å². The molecule has 1 saturated heterocycles. The van der Waals surface area contributed by atoms with E-state index < -0.39 is 0 Å². The first kappa shape index (κ1) is 21.6. The molecular weight excluding hydrogens is 364 g/mol. The van der Waals surface area contributed by atoms with Gasteiger partial charge in [0.2, 0.25) is 0 Å². The lowest BCUT2D eigenvalue weighted by atomic mass is 9.67. The van der Waals surface area contributed by atoms with E-state index in [0.29, 0.717) is 12.0 Å². The molecule has 0 atom stereocenters. The summed E-state index contributed by atoms with van der Waals surface area (Å²) in [5.74, 6) is 0.959. The lowest BCUT2D eigenvalue weighted by Crippen LogP contribution is -2.46. The SMILES string of the molecule is CN=C(NCc1cccc(C(=O)N2CCCCC2)c1)NCC1(CCOC)CCC1. The monoisotopic (exact) mass is 400 g/mol. The fourth-order valence-corrected chi connectivity index (χ4v) is 4.28. The molecule has 0 bridgehead atoms. The van der Waals surface area contributed by atoms with E-state index in [1.165, 1.54) is 25.7 Å². The zero-order valence-electron chi connectivity index (χ0n) is 18.0. The summed E-state index contributed by atoms with van der Waals surface area (Å²) >= 11 is 0.